The number of sulfone groups is 1. The highest BCUT2D eigenvalue weighted by atomic mass is 35.5. The molecule has 0 N–H and O–H groups in total. The molecule has 0 spiro atoms. The Bertz CT molecular complexity index is 1110. The van der Waals surface area contributed by atoms with Gasteiger partial charge in [-0.1, -0.05) is 76.4 Å². The molecule has 3 aromatic rings. The average molecular weight is 470 g/mol. The predicted molar refractivity (Wildman–Crippen MR) is 115 cm³/mol. The lowest BCUT2D eigenvalue weighted by atomic mass is 10.2. The van der Waals surface area contributed by atoms with Gasteiger partial charge in [-0.2, -0.15) is 0 Å². The molecule has 0 saturated carbocycles. The van der Waals surface area contributed by atoms with Crippen molar-refractivity contribution in [1.29, 1.82) is 0 Å². The van der Waals surface area contributed by atoms with Crippen LogP contribution in [0.4, 0.5) is 0 Å². The van der Waals surface area contributed by atoms with E-state index in [0.29, 0.717) is 21.2 Å². The van der Waals surface area contributed by atoms with Crippen molar-refractivity contribution in [2.75, 3.05) is 0 Å². The summed E-state index contributed by atoms with van der Waals surface area (Å²) in [5.41, 5.74) is 1.04. The summed E-state index contributed by atoms with van der Waals surface area (Å²) < 4.78 is 26.3. The van der Waals surface area contributed by atoms with E-state index in [1.54, 1.807) is 42.5 Å². The second kappa shape index (κ2) is 9.59. The number of rotatable bonds is 7. The summed E-state index contributed by atoms with van der Waals surface area (Å²) in [7, 11) is -3.79. The molecule has 0 amide bonds. The monoisotopic (exact) mass is 468 g/mol. The molecule has 0 fully saturated rings. The van der Waals surface area contributed by atoms with Crippen LogP contribution in [0.3, 0.4) is 0 Å². The topological polar surface area (TPSA) is 68.6 Å². The fourth-order valence-corrected chi connectivity index (χ4v) is 4.55. The SMILES string of the molecule is O=S(=O)(c1ccccc1)[C@@H](/C=N\OCc1cccc(Cl)c1Cl)c1ccc(Cl)nc1. The van der Waals surface area contributed by atoms with E-state index in [0.717, 1.165) is 0 Å². The van der Waals surface area contributed by atoms with Gasteiger partial charge in [0, 0.05) is 11.8 Å². The molecule has 0 radical (unpaired) electrons. The van der Waals surface area contributed by atoms with Crippen molar-refractivity contribution in [3.8, 4) is 0 Å². The Morgan fingerprint density at radius 1 is 1.00 bits per heavy atom. The lowest BCUT2D eigenvalue weighted by molar-refractivity contribution is 0.131. The minimum Gasteiger partial charge on any atom is -0.391 e. The van der Waals surface area contributed by atoms with E-state index in [1.165, 1.54) is 30.6 Å². The maximum atomic E-state index is 13.1. The Morgan fingerprint density at radius 2 is 1.76 bits per heavy atom. The van der Waals surface area contributed by atoms with Gasteiger partial charge < -0.3 is 4.84 Å². The van der Waals surface area contributed by atoms with Crippen molar-refractivity contribution >= 4 is 50.9 Å². The summed E-state index contributed by atoms with van der Waals surface area (Å²) in [6.45, 7) is 0.0346. The van der Waals surface area contributed by atoms with Gasteiger partial charge >= 0.3 is 0 Å². The molecule has 0 unspecified atom stereocenters. The molecule has 5 nitrogen and oxygen atoms in total. The Balaban J connectivity index is 1.86. The van der Waals surface area contributed by atoms with E-state index in [-0.39, 0.29) is 16.7 Å². The lowest BCUT2D eigenvalue weighted by Crippen LogP contribution is -2.15. The molecule has 1 aromatic heterocycles. The molecule has 3 rings (SSSR count). The van der Waals surface area contributed by atoms with Gasteiger partial charge in [-0.05, 0) is 29.8 Å². The summed E-state index contributed by atoms with van der Waals surface area (Å²) in [5, 5.41) is 3.77. The molecular formula is C20H15Cl3N2O3S. The fraction of sp³-hybridized carbons (Fsp3) is 0.100. The third-order valence-corrected chi connectivity index (χ3v) is 7.08. The Labute approximate surface area is 183 Å². The zero-order valence-corrected chi connectivity index (χ0v) is 18.0. The standard InChI is InChI=1S/C20H15Cl3N2O3S/c21-17-8-4-5-15(20(17)23)13-28-25-12-18(14-9-10-19(22)24-11-14)29(26,27)16-6-2-1-3-7-16/h1-12,18H,13H2/b25-12-/t18-/m0/s1. The van der Waals surface area contributed by atoms with E-state index in [9.17, 15) is 8.42 Å². The van der Waals surface area contributed by atoms with Crippen molar-refractivity contribution in [3.63, 3.8) is 0 Å². The molecule has 2 aromatic carbocycles. The third-order valence-electron chi connectivity index (χ3n) is 4.01. The maximum absolute atomic E-state index is 13.1. The summed E-state index contributed by atoms with van der Waals surface area (Å²) in [4.78, 5) is 9.41. The van der Waals surface area contributed by atoms with Crippen LogP contribution in [-0.4, -0.2) is 19.6 Å². The summed E-state index contributed by atoms with van der Waals surface area (Å²) in [6, 6.07) is 16.3. The summed E-state index contributed by atoms with van der Waals surface area (Å²) >= 11 is 17.9. The van der Waals surface area contributed by atoms with Gasteiger partial charge in [0.1, 0.15) is 17.0 Å². The van der Waals surface area contributed by atoms with Gasteiger partial charge in [-0.3, -0.25) is 0 Å². The molecule has 0 aliphatic rings. The number of pyridine rings is 1. The number of hydrogen-bond acceptors (Lipinski definition) is 5. The third kappa shape index (κ3) is 5.28. The molecule has 29 heavy (non-hydrogen) atoms. The van der Waals surface area contributed by atoms with Crippen molar-refractivity contribution in [1.82, 2.24) is 4.98 Å². The molecule has 9 heteroatoms. The van der Waals surface area contributed by atoms with E-state index in [4.69, 9.17) is 39.6 Å². The van der Waals surface area contributed by atoms with Crippen LogP contribution in [0.25, 0.3) is 0 Å². The quantitative estimate of drug-likeness (QED) is 0.251. The predicted octanol–water partition coefficient (Wildman–Crippen LogP) is 5.76. The molecule has 1 atom stereocenters. The van der Waals surface area contributed by atoms with Crippen LogP contribution in [0, 0.1) is 0 Å². The van der Waals surface area contributed by atoms with Crippen LogP contribution in [0.1, 0.15) is 16.4 Å². The summed E-state index contributed by atoms with van der Waals surface area (Å²) in [6.07, 6.45) is 2.61. The molecular weight excluding hydrogens is 455 g/mol. The van der Waals surface area contributed by atoms with Crippen molar-refractivity contribution in [2.45, 2.75) is 16.8 Å². The summed E-state index contributed by atoms with van der Waals surface area (Å²) in [5.74, 6) is 0. The first kappa shape index (κ1) is 21.6. The number of nitrogens with zero attached hydrogens (tertiary/aromatic N) is 2. The largest absolute Gasteiger partial charge is 0.391 e. The number of aromatic nitrogens is 1. The number of benzene rings is 2. The number of halogens is 3. The second-order valence-corrected chi connectivity index (χ2v) is 9.18. The first-order valence-electron chi connectivity index (χ1n) is 8.38. The molecule has 0 bridgehead atoms. The Morgan fingerprint density at radius 3 is 2.45 bits per heavy atom. The normalized spacial score (nSPS) is 12.8. The van der Waals surface area contributed by atoms with E-state index >= 15 is 0 Å². The van der Waals surface area contributed by atoms with Crippen LogP contribution in [0.5, 0.6) is 0 Å². The number of oxime groups is 1. The highest BCUT2D eigenvalue weighted by molar-refractivity contribution is 7.92. The van der Waals surface area contributed by atoms with Crippen LogP contribution < -0.4 is 0 Å². The van der Waals surface area contributed by atoms with Crippen LogP contribution >= 0.6 is 34.8 Å². The maximum Gasteiger partial charge on any atom is 0.190 e. The molecule has 0 saturated heterocycles. The van der Waals surface area contributed by atoms with Crippen molar-refractivity contribution < 1.29 is 13.3 Å². The molecule has 150 valence electrons. The zero-order chi connectivity index (χ0) is 20.9. The first-order chi connectivity index (χ1) is 13.9. The molecule has 0 aliphatic carbocycles. The Kier molecular flexibility index (Phi) is 7.14. The lowest BCUT2D eigenvalue weighted by Gasteiger charge is -2.14. The van der Waals surface area contributed by atoms with Gasteiger partial charge in [0.15, 0.2) is 9.84 Å². The van der Waals surface area contributed by atoms with E-state index < -0.39 is 15.1 Å². The van der Waals surface area contributed by atoms with Gasteiger partial charge in [-0.25, -0.2) is 13.4 Å². The van der Waals surface area contributed by atoms with Gasteiger partial charge in [-0.15, -0.1) is 0 Å². The number of hydrogen-bond donors (Lipinski definition) is 0. The zero-order valence-electron chi connectivity index (χ0n) is 14.9. The van der Waals surface area contributed by atoms with Crippen molar-refractivity contribution in [3.05, 3.63) is 93.2 Å². The minimum absolute atomic E-state index is 0.0346. The minimum atomic E-state index is -3.79. The average Bonchev–Trinajstić information content (AvgIpc) is 2.72. The van der Waals surface area contributed by atoms with Gasteiger partial charge in [0.05, 0.1) is 21.2 Å². The van der Waals surface area contributed by atoms with Crippen LogP contribution in [0.2, 0.25) is 15.2 Å². The van der Waals surface area contributed by atoms with Crippen LogP contribution in [0.15, 0.2) is 76.9 Å². The second-order valence-electron chi connectivity index (χ2n) is 5.93. The van der Waals surface area contributed by atoms with E-state index in [1.807, 2.05) is 0 Å². The molecule has 0 aliphatic heterocycles. The smallest absolute Gasteiger partial charge is 0.190 e. The first-order valence-corrected chi connectivity index (χ1v) is 11.1. The highest BCUT2D eigenvalue weighted by Gasteiger charge is 2.28. The van der Waals surface area contributed by atoms with Crippen molar-refractivity contribution in [2.24, 2.45) is 5.16 Å². The van der Waals surface area contributed by atoms with E-state index in [2.05, 4.69) is 10.1 Å². The highest BCUT2D eigenvalue weighted by Crippen LogP contribution is 2.28. The molecule has 1 heterocycles. The van der Waals surface area contributed by atoms with Gasteiger partial charge in [0.2, 0.25) is 0 Å². The van der Waals surface area contributed by atoms with Gasteiger partial charge in [0.25, 0.3) is 0 Å². The Hall–Kier alpha value is -2.12. The fourth-order valence-electron chi connectivity index (χ4n) is 2.52. The van der Waals surface area contributed by atoms with Crippen LogP contribution in [-0.2, 0) is 21.3 Å².